The average Bonchev–Trinajstić information content (AvgIpc) is 3.11. The minimum absolute atomic E-state index is 0.0419. The normalized spacial score (nSPS) is 17.9. The van der Waals surface area contributed by atoms with Crippen molar-refractivity contribution in [2.45, 2.75) is 58.3 Å². The predicted molar refractivity (Wildman–Crippen MR) is 146 cm³/mol. The second-order valence-electron chi connectivity index (χ2n) is 9.23. The highest BCUT2D eigenvalue weighted by Crippen LogP contribution is 2.37. The van der Waals surface area contributed by atoms with Crippen LogP contribution < -0.4 is 5.32 Å². The second kappa shape index (κ2) is 13.1. The summed E-state index contributed by atoms with van der Waals surface area (Å²) in [6, 6.07) is 7.54. The Balaban J connectivity index is 1.58. The van der Waals surface area contributed by atoms with Gasteiger partial charge in [-0.1, -0.05) is 29.8 Å². The fraction of sp³-hybridized carbons (Fsp3) is 0.393. The van der Waals surface area contributed by atoms with E-state index in [1.807, 2.05) is 19.9 Å². The van der Waals surface area contributed by atoms with Gasteiger partial charge in [0.15, 0.2) is 5.78 Å². The van der Waals surface area contributed by atoms with Gasteiger partial charge in [-0.2, -0.15) is 0 Å². The number of hydrogen-bond acceptors (Lipinski definition) is 5. The summed E-state index contributed by atoms with van der Waals surface area (Å²) in [6.07, 6.45) is 8.88. The van der Waals surface area contributed by atoms with Crippen LogP contribution in [0.5, 0.6) is 0 Å². The Kier molecular flexibility index (Phi) is 10.1. The molecule has 1 aliphatic rings. The molecule has 190 valence electrons. The Hall–Kier alpha value is -2.64. The molecular weight excluding hydrogens is 542 g/mol. The smallest absolute Gasteiger partial charge is 0.269 e. The molecule has 0 bridgehead atoms. The summed E-state index contributed by atoms with van der Waals surface area (Å²) < 4.78 is 0.789. The maximum absolute atomic E-state index is 13.2. The first-order valence-corrected chi connectivity index (χ1v) is 13.3. The lowest BCUT2D eigenvalue weighted by Gasteiger charge is -2.17. The molecule has 0 aliphatic heterocycles. The number of allylic oxidation sites excluding steroid dienone is 2. The van der Waals surface area contributed by atoms with Crippen molar-refractivity contribution in [1.82, 2.24) is 10.3 Å². The molecule has 1 amide bonds. The zero-order valence-corrected chi connectivity index (χ0v) is 22.9. The molecule has 1 aromatic heterocycles. The van der Waals surface area contributed by atoms with Crippen molar-refractivity contribution in [3.8, 4) is 0 Å². The van der Waals surface area contributed by atoms with Gasteiger partial charge in [0.2, 0.25) is 0 Å². The largest absolute Gasteiger partial charge is 0.351 e. The van der Waals surface area contributed by atoms with Crippen molar-refractivity contribution < 1.29 is 14.4 Å². The molecule has 0 radical (unpaired) electrons. The van der Waals surface area contributed by atoms with Crippen LogP contribution in [0.4, 0.5) is 0 Å². The van der Waals surface area contributed by atoms with Gasteiger partial charge in [-0.15, -0.1) is 0 Å². The number of unbranched alkanes of at least 4 members (excludes halogenated alkanes) is 2. The molecule has 36 heavy (non-hydrogen) atoms. The fourth-order valence-electron chi connectivity index (χ4n) is 4.80. The molecule has 0 spiro atoms. The third-order valence-corrected chi connectivity index (χ3v) is 7.27. The van der Waals surface area contributed by atoms with Gasteiger partial charge in [0.25, 0.3) is 5.91 Å². The van der Waals surface area contributed by atoms with Crippen molar-refractivity contribution in [2.24, 2.45) is 5.92 Å². The molecule has 1 aromatic carbocycles. The van der Waals surface area contributed by atoms with Gasteiger partial charge < -0.3 is 10.7 Å². The molecule has 0 saturated heterocycles. The number of pyridine rings is 1. The molecule has 2 aromatic rings. The zero-order valence-electron chi connectivity index (χ0n) is 20.6. The van der Waals surface area contributed by atoms with Gasteiger partial charge in [-0.25, -0.2) is 4.98 Å². The Morgan fingerprint density at radius 1 is 1.22 bits per heavy atom. The van der Waals surface area contributed by atoms with Crippen molar-refractivity contribution in [2.75, 3.05) is 6.54 Å². The van der Waals surface area contributed by atoms with Gasteiger partial charge in [0, 0.05) is 35.8 Å². The quantitative estimate of drug-likeness (QED) is 0.196. The lowest BCUT2D eigenvalue weighted by atomic mass is 9.85. The van der Waals surface area contributed by atoms with Crippen LogP contribution >= 0.6 is 27.5 Å². The number of aryl methyl sites for hydroxylation is 3. The summed E-state index contributed by atoms with van der Waals surface area (Å²) in [4.78, 5) is 42.5. The summed E-state index contributed by atoms with van der Waals surface area (Å²) in [5.74, 6) is -1.50. The van der Waals surface area contributed by atoms with E-state index in [2.05, 4.69) is 38.4 Å². The first kappa shape index (κ1) is 27.9. The van der Waals surface area contributed by atoms with Crippen molar-refractivity contribution in [3.05, 3.63) is 74.0 Å². The monoisotopic (exact) mass is 571 g/mol. The maximum atomic E-state index is 13.2. The second-order valence-corrected chi connectivity index (χ2v) is 10.6. The van der Waals surface area contributed by atoms with Crippen LogP contribution in [0.3, 0.4) is 0 Å². The highest BCUT2D eigenvalue weighted by Gasteiger charge is 2.42. The Morgan fingerprint density at radius 2 is 1.94 bits per heavy atom. The van der Waals surface area contributed by atoms with E-state index in [0.717, 1.165) is 53.1 Å². The van der Waals surface area contributed by atoms with Crippen LogP contribution in [-0.4, -0.2) is 35.2 Å². The summed E-state index contributed by atoms with van der Waals surface area (Å²) in [7, 11) is 0. The molecule has 1 aliphatic carbocycles. The van der Waals surface area contributed by atoms with Crippen LogP contribution in [0.25, 0.3) is 0 Å². The average molecular weight is 573 g/mol. The Morgan fingerprint density at radius 3 is 2.58 bits per heavy atom. The lowest BCUT2D eigenvalue weighted by molar-refractivity contribution is -0.124. The molecule has 8 heteroatoms. The van der Waals surface area contributed by atoms with E-state index in [0.29, 0.717) is 23.7 Å². The van der Waals surface area contributed by atoms with Crippen molar-refractivity contribution >= 4 is 51.2 Å². The fourth-order valence-corrected chi connectivity index (χ4v) is 5.14. The Labute approximate surface area is 225 Å². The topological polar surface area (TPSA) is 100.0 Å². The van der Waals surface area contributed by atoms with Gasteiger partial charge in [0.05, 0.1) is 5.03 Å². The number of benzene rings is 1. The number of nitrogens with zero attached hydrogens (tertiary/aromatic N) is 1. The third-order valence-electron chi connectivity index (χ3n) is 6.53. The minimum atomic E-state index is -0.721. The Bertz CT molecular complexity index is 1150. The van der Waals surface area contributed by atoms with E-state index >= 15 is 0 Å². The molecular formula is C28H31BrClN3O3. The number of Topliss-reactive ketones (excluding diaryl/α,β-unsaturated/α-hetero) is 2. The zero-order chi connectivity index (χ0) is 26.2. The molecule has 2 N–H and O–H groups in total. The number of rotatable bonds is 11. The minimum Gasteiger partial charge on any atom is -0.351 e. The van der Waals surface area contributed by atoms with Crippen LogP contribution in [-0.2, 0) is 16.0 Å². The van der Waals surface area contributed by atoms with Crippen LogP contribution in [0, 0.1) is 25.2 Å². The van der Waals surface area contributed by atoms with E-state index in [-0.39, 0.29) is 29.8 Å². The van der Waals surface area contributed by atoms with Crippen LogP contribution in [0.2, 0.25) is 0 Å². The molecule has 2 unspecified atom stereocenters. The van der Waals surface area contributed by atoms with E-state index < -0.39 is 5.92 Å². The highest BCUT2D eigenvalue weighted by atomic mass is 79.9. The van der Waals surface area contributed by atoms with Crippen molar-refractivity contribution in [1.29, 1.82) is 5.41 Å². The van der Waals surface area contributed by atoms with Crippen LogP contribution in [0.1, 0.15) is 70.8 Å². The number of ketones is 2. The summed E-state index contributed by atoms with van der Waals surface area (Å²) >= 11 is 9.12. The number of hydrogen-bond donors (Lipinski definition) is 2. The molecule has 1 saturated carbocycles. The number of aromatic nitrogens is 1. The highest BCUT2D eigenvalue weighted by molar-refractivity contribution is 9.10. The molecule has 6 nitrogen and oxygen atoms in total. The number of amides is 1. The number of carbonyl (C=O) groups excluding carboxylic acids is 3. The van der Waals surface area contributed by atoms with E-state index in [1.54, 1.807) is 18.3 Å². The van der Waals surface area contributed by atoms with E-state index in [1.165, 1.54) is 5.56 Å². The number of nitrogens with one attached hydrogen (secondary N) is 2. The SMILES string of the molecule is Cc1cc(CCCC/C=C(/Cl)C=N)cc(C)c1C1C(=O)CC(CCNC(=O)c2ccc(Br)cn2)C1=O. The van der Waals surface area contributed by atoms with Gasteiger partial charge in [0.1, 0.15) is 17.4 Å². The molecule has 3 rings (SSSR count). The van der Waals surface area contributed by atoms with Crippen LogP contribution in [0.15, 0.2) is 46.0 Å². The van der Waals surface area contributed by atoms with Gasteiger partial charge >= 0.3 is 0 Å². The third kappa shape index (κ3) is 7.20. The van der Waals surface area contributed by atoms with Gasteiger partial charge in [-0.05, 0) is 96.3 Å². The van der Waals surface area contributed by atoms with Crippen molar-refractivity contribution in [3.63, 3.8) is 0 Å². The maximum Gasteiger partial charge on any atom is 0.269 e. The summed E-state index contributed by atoms with van der Waals surface area (Å²) in [5, 5.41) is 10.4. The summed E-state index contributed by atoms with van der Waals surface area (Å²) in [5.41, 5.74) is 4.27. The molecule has 2 atom stereocenters. The first-order chi connectivity index (χ1) is 17.2. The molecule has 1 heterocycles. The lowest BCUT2D eigenvalue weighted by Crippen LogP contribution is -2.28. The molecule has 1 fully saturated rings. The summed E-state index contributed by atoms with van der Waals surface area (Å²) in [6.45, 7) is 4.25. The van der Waals surface area contributed by atoms with E-state index in [9.17, 15) is 14.4 Å². The van der Waals surface area contributed by atoms with E-state index in [4.69, 9.17) is 17.0 Å². The van der Waals surface area contributed by atoms with Gasteiger partial charge in [-0.3, -0.25) is 14.4 Å². The number of carbonyl (C=O) groups is 3. The first-order valence-electron chi connectivity index (χ1n) is 12.1. The standard InChI is InChI=1S/C28H31BrClN3O3/c1-17-12-19(6-4-3-5-7-22(30)15-31)13-18(2)25(17)26-24(34)14-20(27(26)35)10-11-32-28(36)23-9-8-21(29)16-33-23/h7-9,12-13,15-16,20,26,31H,3-6,10-11,14H2,1-2H3,(H,32,36)/b22-7+,31-15?. The predicted octanol–water partition coefficient (Wildman–Crippen LogP) is 6.01. The number of halogens is 2.